The summed E-state index contributed by atoms with van der Waals surface area (Å²) in [6.07, 6.45) is -0.617. The van der Waals surface area contributed by atoms with Crippen LogP contribution in [0.2, 0.25) is 0 Å². The zero-order valence-electron chi connectivity index (χ0n) is 16.9. The Labute approximate surface area is 178 Å². The van der Waals surface area contributed by atoms with E-state index in [0.29, 0.717) is 29.6 Å². The highest BCUT2D eigenvalue weighted by molar-refractivity contribution is 8.01. The first-order chi connectivity index (χ1) is 14.4. The minimum atomic E-state index is -0.617. The van der Waals surface area contributed by atoms with E-state index in [1.807, 2.05) is 0 Å². The number of carbonyl (C=O) groups excluding carboxylic acids is 3. The fourth-order valence-electron chi connectivity index (χ4n) is 2.17. The van der Waals surface area contributed by atoms with Crippen LogP contribution < -0.4 is 16.0 Å². The van der Waals surface area contributed by atoms with Crippen molar-refractivity contribution in [3.05, 3.63) is 36.1 Å². The fourth-order valence-corrected chi connectivity index (χ4v) is 2.86. The Bertz CT molecular complexity index is 872. The number of aromatic nitrogens is 1. The molecule has 0 fully saturated rings. The van der Waals surface area contributed by atoms with Crippen LogP contribution in [0.25, 0.3) is 0 Å². The lowest BCUT2D eigenvalue weighted by atomic mass is 10.3. The fraction of sp³-hybridized carbons (Fsp3) is 0.368. The van der Waals surface area contributed by atoms with Gasteiger partial charge in [-0.1, -0.05) is 11.2 Å². The molecule has 30 heavy (non-hydrogen) atoms. The van der Waals surface area contributed by atoms with E-state index >= 15 is 0 Å². The Balaban J connectivity index is 1.77. The van der Waals surface area contributed by atoms with Crippen LogP contribution in [-0.4, -0.2) is 54.4 Å². The average molecular weight is 436 g/mol. The van der Waals surface area contributed by atoms with E-state index < -0.39 is 11.3 Å². The number of rotatable bonds is 10. The molecule has 162 valence electrons. The van der Waals surface area contributed by atoms with Crippen molar-refractivity contribution < 1.29 is 28.4 Å². The number of ether oxygens (including phenoxy) is 2. The number of benzene rings is 1. The van der Waals surface area contributed by atoms with E-state index in [1.54, 1.807) is 44.2 Å². The maximum absolute atomic E-state index is 12.2. The molecule has 3 N–H and O–H groups in total. The van der Waals surface area contributed by atoms with Crippen molar-refractivity contribution >= 4 is 46.9 Å². The van der Waals surface area contributed by atoms with E-state index in [4.69, 9.17) is 14.0 Å². The van der Waals surface area contributed by atoms with Crippen LogP contribution in [0, 0.1) is 6.92 Å². The zero-order chi connectivity index (χ0) is 21.9. The molecule has 11 heteroatoms. The molecule has 3 amide bonds. The number of amides is 3. The van der Waals surface area contributed by atoms with Crippen LogP contribution in [0.15, 0.2) is 34.9 Å². The zero-order valence-corrected chi connectivity index (χ0v) is 17.7. The molecule has 0 spiro atoms. The van der Waals surface area contributed by atoms with Gasteiger partial charge in [-0.25, -0.2) is 4.79 Å². The molecule has 0 aliphatic heterocycles. The molecule has 1 aromatic heterocycles. The Morgan fingerprint density at radius 2 is 1.87 bits per heavy atom. The molecule has 0 saturated carbocycles. The predicted molar refractivity (Wildman–Crippen MR) is 114 cm³/mol. The summed E-state index contributed by atoms with van der Waals surface area (Å²) in [7, 11) is 1.51. The number of nitrogens with zero attached hydrogens (tertiary/aromatic N) is 1. The Morgan fingerprint density at radius 1 is 1.13 bits per heavy atom. The molecule has 0 aliphatic rings. The van der Waals surface area contributed by atoms with Gasteiger partial charge < -0.3 is 24.6 Å². The highest BCUT2D eigenvalue weighted by atomic mass is 32.2. The third-order valence-electron chi connectivity index (χ3n) is 3.63. The molecule has 10 nitrogen and oxygen atoms in total. The summed E-state index contributed by atoms with van der Waals surface area (Å²) in [5.41, 5.74) is 0.976. The van der Waals surface area contributed by atoms with Gasteiger partial charge in [-0.3, -0.25) is 14.9 Å². The van der Waals surface area contributed by atoms with E-state index in [1.165, 1.54) is 18.9 Å². The van der Waals surface area contributed by atoms with E-state index in [0.717, 1.165) is 0 Å². The average Bonchev–Trinajstić information content (AvgIpc) is 3.11. The Kier molecular flexibility index (Phi) is 9.16. The maximum Gasteiger partial charge on any atom is 0.411 e. The molecule has 0 bridgehead atoms. The van der Waals surface area contributed by atoms with Crippen LogP contribution in [0.5, 0.6) is 0 Å². The molecular formula is C19H24N4O6S. The van der Waals surface area contributed by atoms with Gasteiger partial charge in [0.2, 0.25) is 11.8 Å². The van der Waals surface area contributed by atoms with Crippen molar-refractivity contribution in [1.29, 1.82) is 0 Å². The standard InChI is InChI=1S/C19H24N4O6S/c1-12-9-16(23-29-12)22-18(25)13(2)30-11-17(24)20-14-5-4-6-15(10-14)21-19(26)28-8-7-27-3/h4-6,9-10,13H,7-8,11H2,1-3H3,(H,20,24)(H,21,26)(H,22,23,25). The normalized spacial score (nSPS) is 11.4. The third kappa shape index (κ3) is 8.13. The van der Waals surface area contributed by atoms with Gasteiger partial charge in [0.05, 0.1) is 17.6 Å². The van der Waals surface area contributed by atoms with Crippen LogP contribution in [-0.2, 0) is 19.1 Å². The highest BCUT2D eigenvalue weighted by Gasteiger charge is 2.17. The molecule has 0 radical (unpaired) electrons. The van der Waals surface area contributed by atoms with Crippen molar-refractivity contribution in [2.24, 2.45) is 0 Å². The SMILES string of the molecule is COCCOC(=O)Nc1cccc(NC(=O)CSC(C)C(=O)Nc2cc(C)on2)c1. The first-order valence-electron chi connectivity index (χ1n) is 9.06. The second-order valence-electron chi connectivity index (χ2n) is 6.15. The number of methoxy groups -OCH3 is 1. The second kappa shape index (κ2) is 11.8. The van der Waals surface area contributed by atoms with Crippen molar-refractivity contribution in [2.75, 3.05) is 42.0 Å². The van der Waals surface area contributed by atoms with E-state index in [2.05, 4.69) is 21.1 Å². The van der Waals surface area contributed by atoms with Crippen molar-refractivity contribution in [3.63, 3.8) is 0 Å². The molecule has 1 aromatic carbocycles. The summed E-state index contributed by atoms with van der Waals surface area (Å²) in [5.74, 6) is 0.434. The Morgan fingerprint density at radius 3 is 2.53 bits per heavy atom. The van der Waals surface area contributed by atoms with Gasteiger partial charge in [0.25, 0.3) is 0 Å². The molecule has 1 atom stereocenters. The summed E-state index contributed by atoms with van der Waals surface area (Å²) in [6.45, 7) is 3.86. The number of hydrogen-bond donors (Lipinski definition) is 3. The van der Waals surface area contributed by atoms with Crippen molar-refractivity contribution in [2.45, 2.75) is 19.1 Å². The third-order valence-corrected chi connectivity index (χ3v) is 4.77. The number of hydrogen-bond acceptors (Lipinski definition) is 8. The van der Waals surface area contributed by atoms with Gasteiger partial charge in [0.15, 0.2) is 5.82 Å². The lowest BCUT2D eigenvalue weighted by Crippen LogP contribution is -2.25. The van der Waals surface area contributed by atoms with Crippen LogP contribution >= 0.6 is 11.8 Å². The first-order valence-corrected chi connectivity index (χ1v) is 10.1. The lowest BCUT2D eigenvalue weighted by Gasteiger charge is -2.11. The molecule has 1 heterocycles. The lowest BCUT2D eigenvalue weighted by molar-refractivity contribution is -0.115. The summed E-state index contributed by atoms with van der Waals surface area (Å²) < 4.78 is 14.6. The van der Waals surface area contributed by atoms with Crippen LogP contribution in [0.1, 0.15) is 12.7 Å². The number of anilines is 3. The van der Waals surface area contributed by atoms with Gasteiger partial charge in [-0.15, -0.1) is 11.8 Å². The molecular weight excluding hydrogens is 412 g/mol. The van der Waals surface area contributed by atoms with Gasteiger partial charge in [0, 0.05) is 24.6 Å². The number of thioether (sulfide) groups is 1. The Hall–Kier alpha value is -3.05. The van der Waals surface area contributed by atoms with E-state index in [9.17, 15) is 14.4 Å². The molecule has 0 aliphatic carbocycles. The van der Waals surface area contributed by atoms with Crippen molar-refractivity contribution in [3.8, 4) is 0 Å². The van der Waals surface area contributed by atoms with Gasteiger partial charge >= 0.3 is 6.09 Å². The largest absolute Gasteiger partial charge is 0.447 e. The molecule has 0 saturated heterocycles. The minimum Gasteiger partial charge on any atom is -0.447 e. The predicted octanol–water partition coefficient (Wildman–Crippen LogP) is 2.88. The number of aryl methyl sites for hydroxylation is 1. The van der Waals surface area contributed by atoms with Crippen LogP contribution in [0.4, 0.5) is 22.0 Å². The minimum absolute atomic E-state index is 0.0726. The van der Waals surface area contributed by atoms with Crippen molar-refractivity contribution in [1.82, 2.24) is 5.16 Å². The summed E-state index contributed by atoms with van der Waals surface area (Å²) in [6, 6.07) is 8.25. The van der Waals surface area contributed by atoms with E-state index in [-0.39, 0.29) is 24.2 Å². The first kappa shape index (κ1) is 23.2. The van der Waals surface area contributed by atoms with Gasteiger partial charge in [0.1, 0.15) is 12.4 Å². The maximum atomic E-state index is 12.2. The number of carbonyl (C=O) groups is 3. The van der Waals surface area contributed by atoms with Gasteiger partial charge in [-0.05, 0) is 32.0 Å². The summed E-state index contributed by atoms with van der Waals surface area (Å²) in [5, 5.41) is 11.1. The quantitative estimate of drug-likeness (QED) is 0.485. The molecule has 2 rings (SSSR count). The van der Waals surface area contributed by atoms with Gasteiger partial charge in [-0.2, -0.15) is 0 Å². The smallest absolute Gasteiger partial charge is 0.411 e. The summed E-state index contributed by atoms with van der Waals surface area (Å²) >= 11 is 1.18. The monoisotopic (exact) mass is 436 g/mol. The summed E-state index contributed by atoms with van der Waals surface area (Å²) in [4.78, 5) is 36.0. The second-order valence-corrected chi connectivity index (χ2v) is 7.48. The highest BCUT2D eigenvalue weighted by Crippen LogP contribution is 2.18. The molecule has 2 aromatic rings. The van der Waals surface area contributed by atoms with Crippen LogP contribution in [0.3, 0.4) is 0 Å². The topological polar surface area (TPSA) is 132 Å². The number of nitrogens with one attached hydrogen (secondary N) is 3. The molecule has 1 unspecified atom stereocenters.